The number of benzene rings is 2. The first-order valence-corrected chi connectivity index (χ1v) is 9.71. The quantitative estimate of drug-likeness (QED) is 0.913. The minimum atomic E-state index is -0.166. The maximum atomic E-state index is 13.2. The van der Waals surface area contributed by atoms with E-state index in [1.807, 2.05) is 12.1 Å². The third-order valence-corrected chi connectivity index (χ3v) is 6.58. The Morgan fingerprint density at radius 3 is 2.23 bits per heavy atom. The van der Waals surface area contributed by atoms with Crippen LogP contribution in [-0.4, -0.2) is 55.1 Å². The van der Waals surface area contributed by atoms with Gasteiger partial charge in [0, 0.05) is 63.2 Å². The zero-order valence-corrected chi connectivity index (χ0v) is 15.1. The van der Waals surface area contributed by atoms with Crippen molar-refractivity contribution in [2.75, 3.05) is 39.3 Å². The molecule has 4 aliphatic rings. The van der Waals surface area contributed by atoms with Crippen molar-refractivity contribution >= 4 is 0 Å². The minimum Gasteiger partial charge on any atom is -0.309 e. The lowest BCUT2D eigenvalue weighted by Crippen LogP contribution is -2.69. The van der Waals surface area contributed by atoms with E-state index >= 15 is 0 Å². The van der Waals surface area contributed by atoms with Crippen molar-refractivity contribution in [2.45, 2.75) is 18.0 Å². The van der Waals surface area contributed by atoms with Crippen molar-refractivity contribution in [1.82, 2.24) is 15.1 Å². The Balaban J connectivity index is 1.47. The highest BCUT2D eigenvalue weighted by Crippen LogP contribution is 2.43. The zero-order chi connectivity index (χ0) is 17.6. The number of rotatable bonds is 4. The Kier molecular flexibility index (Phi) is 4.07. The van der Waals surface area contributed by atoms with Gasteiger partial charge in [-0.2, -0.15) is 0 Å². The highest BCUT2D eigenvalue weighted by molar-refractivity contribution is 5.33. The van der Waals surface area contributed by atoms with Crippen LogP contribution in [0, 0.1) is 11.7 Å². The Bertz CT molecular complexity index is 745. The first-order chi connectivity index (χ1) is 12.7. The number of nitrogens with zero attached hydrogens (tertiary/aromatic N) is 2. The van der Waals surface area contributed by atoms with Crippen LogP contribution in [0.25, 0.3) is 0 Å². The second-order valence-electron chi connectivity index (χ2n) is 8.24. The number of hydrogen-bond donors (Lipinski definition) is 1. The molecule has 3 unspecified atom stereocenters. The number of fused-ring (bicyclic) bond motifs is 1. The molecule has 4 heterocycles. The lowest BCUT2D eigenvalue weighted by molar-refractivity contribution is 0.0175. The van der Waals surface area contributed by atoms with Crippen LogP contribution in [0.4, 0.5) is 4.39 Å². The summed E-state index contributed by atoms with van der Waals surface area (Å²) in [6, 6.07) is 18.4. The summed E-state index contributed by atoms with van der Waals surface area (Å²) in [6.07, 6.45) is 0. The molecule has 0 aromatic heterocycles. The van der Waals surface area contributed by atoms with E-state index in [-0.39, 0.29) is 11.2 Å². The summed E-state index contributed by atoms with van der Waals surface area (Å²) in [5, 5.41) is 3.89. The molecule has 1 N–H and O–H groups in total. The van der Waals surface area contributed by atoms with Crippen molar-refractivity contribution in [3.05, 3.63) is 71.5 Å². The third kappa shape index (κ3) is 2.77. The number of halogens is 1. The molecule has 0 spiro atoms. The van der Waals surface area contributed by atoms with Crippen molar-refractivity contribution in [2.24, 2.45) is 5.92 Å². The number of piperidine rings is 2. The molecule has 4 saturated heterocycles. The zero-order valence-electron chi connectivity index (χ0n) is 15.1. The van der Waals surface area contributed by atoms with E-state index in [1.165, 1.54) is 31.7 Å². The summed E-state index contributed by atoms with van der Waals surface area (Å²) in [6.45, 7) is 7.82. The molecule has 3 nitrogen and oxygen atoms in total. The van der Waals surface area contributed by atoms with Gasteiger partial charge in [-0.05, 0) is 23.3 Å². The molecule has 4 fully saturated rings. The second-order valence-corrected chi connectivity index (χ2v) is 8.24. The van der Waals surface area contributed by atoms with Crippen LogP contribution in [0.15, 0.2) is 54.6 Å². The van der Waals surface area contributed by atoms with Crippen LogP contribution in [-0.2, 0) is 12.0 Å². The predicted molar refractivity (Wildman–Crippen MR) is 102 cm³/mol. The van der Waals surface area contributed by atoms with Crippen molar-refractivity contribution in [3.63, 3.8) is 0 Å². The molecular formula is C22H26FN3. The first-order valence-electron chi connectivity index (χ1n) is 9.71. The third-order valence-electron chi connectivity index (χ3n) is 6.58. The fourth-order valence-corrected chi connectivity index (χ4v) is 5.50. The summed E-state index contributed by atoms with van der Waals surface area (Å²) >= 11 is 0. The van der Waals surface area contributed by atoms with Gasteiger partial charge in [-0.1, -0.05) is 42.5 Å². The molecule has 26 heavy (non-hydrogen) atoms. The largest absolute Gasteiger partial charge is 0.309 e. The van der Waals surface area contributed by atoms with Gasteiger partial charge in [0.1, 0.15) is 5.82 Å². The Morgan fingerprint density at radius 1 is 0.923 bits per heavy atom. The maximum absolute atomic E-state index is 13.2. The van der Waals surface area contributed by atoms with Crippen LogP contribution in [0.2, 0.25) is 0 Å². The molecule has 0 saturated carbocycles. The molecule has 0 radical (unpaired) electrons. The molecular weight excluding hydrogens is 325 g/mol. The Morgan fingerprint density at radius 2 is 1.58 bits per heavy atom. The summed E-state index contributed by atoms with van der Waals surface area (Å²) < 4.78 is 13.2. The summed E-state index contributed by atoms with van der Waals surface area (Å²) in [7, 11) is 0. The average molecular weight is 351 g/mol. The maximum Gasteiger partial charge on any atom is 0.123 e. The Hall–Kier alpha value is -1.75. The molecule has 0 amide bonds. The molecule has 4 aliphatic heterocycles. The van der Waals surface area contributed by atoms with E-state index in [0.717, 1.165) is 25.2 Å². The smallest absolute Gasteiger partial charge is 0.123 e. The van der Waals surface area contributed by atoms with Gasteiger partial charge in [0.25, 0.3) is 0 Å². The van der Waals surface area contributed by atoms with E-state index in [2.05, 4.69) is 45.4 Å². The SMILES string of the molecule is Fc1ccc(CNC2C3CN4CCN(C3)CC2(c2ccccc2)C4)cc1. The number of nitrogens with one attached hydrogen (secondary N) is 1. The van der Waals surface area contributed by atoms with Crippen molar-refractivity contribution < 1.29 is 4.39 Å². The van der Waals surface area contributed by atoms with E-state index < -0.39 is 0 Å². The van der Waals surface area contributed by atoms with Gasteiger partial charge in [-0.15, -0.1) is 0 Å². The molecule has 2 aromatic carbocycles. The van der Waals surface area contributed by atoms with Crippen molar-refractivity contribution in [3.8, 4) is 0 Å². The summed E-state index contributed by atoms with van der Waals surface area (Å²) in [5.74, 6) is 0.474. The summed E-state index contributed by atoms with van der Waals surface area (Å²) in [4.78, 5) is 5.33. The van der Waals surface area contributed by atoms with Crippen LogP contribution < -0.4 is 5.32 Å². The van der Waals surface area contributed by atoms with Gasteiger partial charge in [-0.25, -0.2) is 4.39 Å². The number of hydrogen-bond acceptors (Lipinski definition) is 3. The molecule has 3 atom stereocenters. The highest BCUT2D eigenvalue weighted by atomic mass is 19.1. The molecule has 0 aliphatic carbocycles. The second kappa shape index (κ2) is 6.45. The summed E-state index contributed by atoms with van der Waals surface area (Å²) in [5.41, 5.74) is 2.75. The highest BCUT2D eigenvalue weighted by Gasteiger charge is 2.54. The van der Waals surface area contributed by atoms with Gasteiger partial charge >= 0.3 is 0 Å². The first kappa shape index (κ1) is 16.4. The molecule has 2 aromatic rings. The molecule has 6 rings (SSSR count). The normalized spacial score (nSPS) is 35.4. The van der Waals surface area contributed by atoms with E-state index in [1.54, 1.807) is 12.1 Å². The van der Waals surface area contributed by atoms with Gasteiger partial charge in [-0.3, -0.25) is 0 Å². The van der Waals surface area contributed by atoms with Gasteiger partial charge in [0.05, 0.1) is 0 Å². The lowest BCUT2D eigenvalue weighted by Gasteiger charge is -2.56. The Labute approximate surface area is 154 Å². The van der Waals surface area contributed by atoms with E-state index in [9.17, 15) is 4.39 Å². The van der Waals surface area contributed by atoms with E-state index in [4.69, 9.17) is 0 Å². The fourth-order valence-electron chi connectivity index (χ4n) is 5.50. The van der Waals surface area contributed by atoms with Crippen LogP contribution in [0.5, 0.6) is 0 Å². The average Bonchev–Trinajstić information content (AvgIpc) is 2.91. The van der Waals surface area contributed by atoms with Crippen molar-refractivity contribution in [1.29, 1.82) is 0 Å². The van der Waals surface area contributed by atoms with Crippen LogP contribution >= 0.6 is 0 Å². The van der Waals surface area contributed by atoms with Gasteiger partial charge < -0.3 is 15.1 Å². The monoisotopic (exact) mass is 351 g/mol. The molecule has 136 valence electrons. The van der Waals surface area contributed by atoms with E-state index in [0.29, 0.717) is 12.0 Å². The van der Waals surface area contributed by atoms with Gasteiger partial charge in [0.2, 0.25) is 0 Å². The topological polar surface area (TPSA) is 18.5 Å². The van der Waals surface area contributed by atoms with Gasteiger partial charge in [0.15, 0.2) is 0 Å². The standard InChI is InChI=1S/C22H26FN3/c23-20-8-6-17(7-9-20)12-24-21-18-13-25-10-11-26(14-18)16-22(21,15-25)19-4-2-1-3-5-19/h1-9,18,21,24H,10-16H2. The minimum absolute atomic E-state index is 0.138. The fraction of sp³-hybridized carbons (Fsp3) is 0.455. The predicted octanol–water partition coefficient (Wildman–Crippen LogP) is 2.48. The lowest BCUT2D eigenvalue weighted by atomic mass is 9.64. The molecule has 4 bridgehead atoms. The van der Waals surface area contributed by atoms with Crippen LogP contribution in [0.3, 0.4) is 0 Å². The van der Waals surface area contributed by atoms with Crippen LogP contribution in [0.1, 0.15) is 11.1 Å². The molecule has 4 heteroatoms.